The summed E-state index contributed by atoms with van der Waals surface area (Å²) in [5.41, 5.74) is 0.854. The van der Waals surface area contributed by atoms with Gasteiger partial charge in [0.05, 0.1) is 12.1 Å². The standard InChI is InChI=1S/C13H19BrN2O/c1-10-7-13(9-17,8-16(10)2)15-12-5-3-11(14)4-6-12/h3-6,10,15,17H,7-9H2,1-2H3. The number of hydrogen-bond acceptors (Lipinski definition) is 3. The summed E-state index contributed by atoms with van der Waals surface area (Å²) in [5.74, 6) is 0. The Balaban J connectivity index is 2.13. The lowest BCUT2D eigenvalue weighted by Gasteiger charge is -2.29. The molecule has 2 rings (SSSR count). The molecule has 1 fully saturated rings. The Morgan fingerprint density at radius 3 is 2.59 bits per heavy atom. The first-order valence-electron chi connectivity index (χ1n) is 5.89. The molecule has 1 aromatic rings. The molecule has 0 amide bonds. The minimum absolute atomic E-state index is 0.164. The molecule has 2 N–H and O–H groups in total. The van der Waals surface area contributed by atoms with Crippen LogP contribution in [0.3, 0.4) is 0 Å². The summed E-state index contributed by atoms with van der Waals surface area (Å²) in [6.45, 7) is 3.24. The van der Waals surface area contributed by atoms with E-state index in [1.54, 1.807) is 0 Å². The number of aliphatic hydroxyl groups excluding tert-OH is 1. The summed E-state index contributed by atoms with van der Waals surface area (Å²) >= 11 is 3.42. The minimum atomic E-state index is -0.206. The average molecular weight is 299 g/mol. The van der Waals surface area contributed by atoms with E-state index in [1.807, 2.05) is 24.3 Å². The molecule has 3 nitrogen and oxygen atoms in total. The Morgan fingerprint density at radius 2 is 2.12 bits per heavy atom. The molecule has 0 bridgehead atoms. The molecular weight excluding hydrogens is 280 g/mol. The van der Waals surface area contributed by atoms with E-state index in [0.29, 0.717) is 6.04 Å². The summed E-state index contributed by atoms with van der Waals surface area (Å²) < 4.78 is 1.07. The number of anilines is 1. The molecule has 2 atom stereocenters. The van der Waals surface area contributed by atoms with Crippen LogP contribution in [0.25, 0.3) is 0 Å². The van der Waals surface area contributed by atoms with Gasteiger partial charge in [-0.05, 0) is 44.7 Å². The van der Waals surface area contributed by atoms with Crippen LogP contribution in [0.4, 0.5) is 5.69 Å². The summed E-state index contributed by atoms with van der Waals surface area (Å²) in [7, 11) is 2.10. The lowest BCUT2D eigenvalue weighted by atomic mass is 9.97. The summed E-state index contributed by atoms with van der Waals surface area (Å²) in [6.07, 6.45) is 0.968. The third-order valence-corrected chi connectivity index (χ3v) is 4.08. The van der Waals surface area contributed by atoms with Gasteiger partial charge in [-0.2, -0.15) is 0 Å². The number of rotatable bonds is 3. The SMILES string of the molecule is CC1CC(CO)(Nc2ccc(Br)cc2)CN1C. The number of likely N-dealkylation sites (N-methyl/N-ethyl adjacent to an activating group) is 1. The molecule has 1 heterocycles. The van der Waals surface area contributed by atoms with Crippen molar-refractivity contribution in [3.8, 4) is 0 Å². The third-order valence-electron chi connectivity index (χ3n) is 3.55. The monoisotopic (exact) mass is 298 g/mol. The zero-order valence-corrected chi connectivity index (χ0v) is 11.9. The van der Waals surface area contributed by atoms with Crippen LogP contribution in [-0.4, -0.2) is 41.8 Å². The lowest BCUT2D eigenvalue weighted by Crippen LogP contribution is -2.44. The Kier molecular flexibility index (Phi) is 3.76. The van der Waals surface area contributed by atoms with Gasteiger partial charge in [-0.1, -0.05) is 15.9 Å². The van der Waals surface area contributed by atoms with Crippen LogP contribution in [0.5, 0.6) is 0 Å². The fraction of sp³-hybridized carbons (Fsp3) is 0.538. The van der Waals surface area contributed by atoms with Gasteiger partial charge in [-0.25, -0.2) is 0 Å². The molecule has 0 aromatic heterocycles. The Morgan fingerprint density at radius 1 is 1.47 bits per heavy atom. The maximum absolute atomic E-state index is 9.67. The Labute approximate surface area is 111 Å². The van der Waals surface area contributed by atoms with Crippen LogP contribution in [0.2, 0.25) is 0 Å². The highest BCUT2D eigenvalue weighted by molar-refractivity contribution is 9.10. The fourth-order valence-electron chi connectivity index (χ4n) is 2.50. The minimum Gasteiger partial charge on any atom is -0.394 e. The first-order chi connectivity index (χ1) is 8.04. The molecule has 0 saturated carbocycles. The van der Waals surface area contributed by atoms with E-state index in [0.717, 1.165) is 23.1 Å². The van der Waals surface area contributed by atoms with Gasteiger partial charge >= 0.3 is 0 Å². The van der Waals surface area contributed by atoms with Gasteiger partial charge in [0.1, 0.15) is 0 Å². The molecule has 1 aromatic carbocycles. The van der Waals surface area contributed by atoms with Crippen molar-refractivity contribution < 1.29 is 5.11 Å². The quantitative estimate of drug-likeness (QED) is 0.899. The molecule has 1 aliphatic rings. The van der Waals surface area contributed by atoms with Crippen molar-refractivity contribution in [1.29, 1.82) is 0 Å². The van der Waals surface area contributed by atoms with E-state index in [2.05, 4.69) is 40.1 Å². The van der Waals surface area contributed by atoms with Crippen LogP contribution >= 0.6 is 15.9 Å². The van der Waals surface area contributed by atoms with E-state index >= 15 is 0 Å². The maximum atomic E-state index is 9.67. The summed E-state index contributed by atoms with van der Waals surface area (Å²) in [6, 6.07) is 8.59. The molecule has 1 aliphatic heterocycles. The summed E-state index contributed by atoms with van der Waals surface area (Å²) in [4.78, 5) is 2.28. The second-order valence-electron chi connectivity index (χ2n) is 5.04. The molecule has 2 unspecified atom stereocenters. The smallest absolute Gasteiger partial charge is 0.0745 e. The van der Waals surface area contributed by atoms with E-state index in [9.17, 15) is 5.11 Å². The van der Waals surface area contributed by atoms with Crippen LogP contribution in [0.1, 0.15) is 13.3 Å². The van der Waals surface area contributed by atoms with Crippen molar-refractivity contribution in [2.75, 3.05) is 25.5 Å². The highest BCUT2D eigenvalue weighted by Crippen LogP contribution is 2.29. The van der Waals surface area contributed by atoms with Crippen molar-refractivity contribution in [1.82, 2.24) is 4.90 Å². The number of benzene rings is 1. The number of likely N-dealkylation sites (tertiary alicyclic amines) is 1. The number of aliphatic hydroxyl groups is 1. The van der Waals surface area contributed by atoms with E-state index in [-0.39, 0.29) is 12.1 Å². The van der Waals surface area contributed by atoms with Crippen molar-refractivity contribution in [3.63, 3.8) is 0 Å². The topological polar surface area (TPSA) is 35.5 Å². The molecule has 0 spiro atoms. The molecule has 94 valence electrons. The van der Waals surface area contributed by atoms with Crippen LogP contribution in [0, 0.1) is 0 Å². The lowest BCUT2D eigenvalue weighted by molar-refractivity contribution is 0.212. The normalized spacial score (nSPS) is 29.5. The average Bonchev–Trinajstić information content (AvgIpc) is 2.59. The van der Waals surface area contributed by atoms with E-state index < -0.39 is 0 Å². The van der Waals surface area contributed by atoms with Gasteiger partial charge in [-0.3, -0.25) is 0 Å². The zero-order chi connectivity index (χ0) is 12.5. The van der Waals surface area contributed by atoms with Gasteiger partial charge in [0.2, 0.25) is 0 Å². The van der Waals surface area contributed by atoms with Crippen LogP contribution in [0.15, 0.2) is 28.7 Å². The molecule has 4 heteroatoms. The summed E-state index contributed by atoms with van der Waals surface area (Å²) in [5, 5.41) is 13.1. The molecular formula is C13H19BrN2O. The number of nitrogens with one attached hydrogen (secondary N) is 1. The highest BCUT2D eigenvalue weighted by atomic mass is 79.9. The van der Waals surface area contributed by atoms with Crippen LogP contribution in [-0.2, 0) is 0 Å². The van der Waals surface area contributed by atoms with Crippen molar-refractivity contribution >= 4 is 21.6 Å². The fourth-order valence-corrected chi connectivity index (χ4v) is 2.77. The zero-order valence-electron chi connectivity index (χ0n) is 10.3. The first-order valence-corrected chi connectivity index (χ1v) is 6.69. The second-order valence-corrected chi connectivity index (χ2v) is 5.95. The second kappa shape index (κ2) is 4.96. The van der Waals surface area contributed by atoms with Gasteiger partial charge in [0.15, 0.2) is 0 Å². The first kappa shape index (κ1) is 12.9. The van der Waals surface area contributed by atoms with Crippen molar-refractivity contribution in [3.05, 3.63) is 28.7 Å². The van der Waals surface area contributed by atoms with Crippen LogP contribution < -0.4 is 5.32 Å². The van der Waals surface area contributed by atoms with E-state index in [1.165, 1.54) is 0 Å². The van der Waals surface area contributed by atoms with Gasteiger partial charge in [-0.15, -0.1) is 0 Å². The molecule has 0 radical (unpaired) electrons. The number of nitrogens with zero attached hydrogens (tertiary/aromatic N) is 1. The third kappa shape index (κ3) is 2.81. The predicted molar refractivity (Wildman–Crippen MR) is 74.3 cm³/mol. The Hall–Kier alpha value is -0.580. The molecule has 0 aliphatic carbocycles. The highest BCUT2D eigenvalue weighted by Gasteiger charge is 2.40. The maximum Gasteiger partial charge on any atom is 0.0745 e. The predicted octanol–water partition coefficient (Wildman–Crippen LogP) is 2.32. The van der Waals surface area contributed by atoms with Crippen molar-refractivity contribution in [2.45, 2.75) is 24.9 Å². The van der Waals surface area contributed by atoms with Gasteiger partial charge in [0.25, 0.3) is 0 Å². The van der Waals surface area contributed by atoms with Gasteiger partial charge in [0, 0.05) is 22.7 Å². The number of halogens is 1. The largest absolute Gasteiger partial charge is 0.394 e. The van der Waals surface area contributed by atoms with Crippen molar-refractivity contribution in [2.24, 2.45) is 0 Å². The molecule has 1 saturated heterocycles. The number of hydrogen-bond donors (Lipinski definition) is 2. The molecule has 17 heavy (non-hydrogen) atoms. The van der Waals surface area contributed by atoms with E-state index in [4.69, 9.17) is 0 Å². The Bertz CT molecular complexity index is 370. The van der Waals surface area contributed by atoms with Gasteiger partial charge < -0.3 is 15.3 Å².